The van der Waals surface area contributed by atoms with Crippen LogP contribution in [0.25, 0.3) is 0 Å². The topological polar surface area (TPSA) is 79.3 Å². The van der Waals surface area contributed by atoms with E-state index in [1.165, 1.54) is 6.92 Å². The molecule has 7 heteroatoms. The molecule has 36 heavy (non-hydrogen) atoms. The smallest absolute Gasteiger partial charge is 0.308 e. The Morgan fingerprint density at radius 3 is 2.72 bits per heavy atom. The lowest BCUT2D eigenvalue weighted by Crippen LogP contribution is -2.77. The van der Waals surface area contributed by atoms with Crippen molar-refractivity contribution in [2.45, 2.75) is 61.8 Å². The number of piperidine rings is 1. The van der Waals surface area contributed by atoms with Crippen LogP contribution in [0, 0.1) is 11.8 Å². The highest BCUT2D eigenvalue weighted by atomic mass is 16.6. The molecule has 2 aliphatic carbocycles. The molecule has 2 bridgehead atoms. The summed E-state index contributed by atoms with van der Waals surface area (Å²) in [6, 6.07) is 12.9. The van der Waals surface area contributed by atoms with E-state index in [0.29, 0.717) is 37.2 Å². The molecule has 0 radical (unpaired) electrons. The Balaban J connectivity index is 1.43. The molecule has 0 aromatic heterocycles. The van der Waals surface area contributed by atoms with Crippen LogP contribution >= 0.6 is 0 Å². The molecule has 2 aromatic carbocycles. The molecule has 0 unspecified atom stereocenters. The molecule has 4 aliphatic rings. The van der Waals surface area contributed by atoms with Crippen molar-refractivity contribution in [2.75, 3.05) is 20.6 Å². The molecule has 2 aliphatic heterocycles. The quantitative estimate of drug-likeness (QED) is 0.399. The van der Waals surface area contributed by atoms with Gasteiger partial charge in [0.25, 0.3) is 5.91 Å². The van der Waals surface area contributed by atoms with Gasteiger partial charge in [0.2, 0.25) is 0 Å². The van der Waals surface area contributed by atoms with Crippen molar-refractivity contribution in [2.24, 2.45) is 0 Å². The summed E-state index contributed by atoms with van der Waals surface area (Å²) < 4.78 is 12.2. The van der Waals surface area contributed by atoms with Crippen molar-refractivity contribution < 1.29 is 24.2 Å². The van der Waals surface area contributed by atoms with Crippen molar-refractivity contribution in [3.63, 3.8) is 0 Å². The highest BCUT2D eigenvalue weighted by Crippen LogP contribution is 2.65. The molecule has 1 amide bonds. The van der Waals surface area contributed by atoms with E-state index in [1.807, 2.05) is 36.4 Å². The van der Waals surface area contributed by atoms with Crippen LogP contribution in [0.4, 0.5) is 0 Å². The van der Waals surface area contributed by atoms with Crippen LogP contribution in [0.2, 0.25) is 0 Å². The third-order valence-corrected chi connectivity index (χ3v) is 8.84. The van der Waals surface area contributed by atoms with Crippen LogP contribution < -0.4 is 9.47 Å². The fourth-order valence-electron chi connectivity index (χ4n) is 7.23. The van der Waals surface area contributed by atoms with E-state index < -0.39 is 23.1 Å². The lowest BCUT2D eigenvalue weighted by molar-refractivity contribution is -0.195. The second kappa shape index (κ2) is 8.09. The number of rotatable bonds is 2. The van der Waals surface area contributed by atoms with Crippen molar-refractivity contribution in [3.8, 4) is 23.3 Å². The van der Waals surface area contributed by atoms with Gasteiger partial charge < -0.3 is 24.4 Å². The van der Waals surface area contributed by atoms with Crippen LogP contribution in [-0.2, 0) is 21.4 Å². The molecule has 2 heterocycles. The summed E-state index contributed by atoms with van der Waals surface area (Å²) in [5.41, 5.74) is 1.16. The highest BCUT2D eigenvalue weighted by molar-refractivity contribution is 5.94. The normalized spacial score (nSPS) is 31.4. The van der Waals surface area contributed by atoms with E-state index in [0.717, 1.165) is 23.2 Å². The predicted molar refractivity (Wildman–Crippen MR) is 133 cm³/mol. The molecule has 2 fully saturated rings. The van der Waals surface area contributed by atoms with Gasteiger partial charge in [0.1, 0.15) is 6.10 Å². The summed E-state index contributed by atoms with van der Waals surface area (Å²) in [5, 5.41) is 12.4. The minimum Gasteiger partial charge on any atom is -0.483 e. The first-order valence-corrected chi connectivity index (χ1v) is 12.5. The molecule has 5 atom stereocenters. The summed E-state index contributed by atoms with van der Waals surface area (Å²) in [4.78, 5) is 29.0. The Kier molecular flexibility index (Phi) is 5.19. The van der Waals surface area contributed by atoms with Gasteiger partial charge in [-0.05, 0) is 63.0 Å². The van der Waals surface area contributed by atoms with Gasteiger partial charge in [0.05, 0.1) is 17.1 Å². The van der Waals surface area contributed by atoms with E-state index in [-0.39, 0.29) is 18.0 Å². The number of hydrogen-bond donors (Lipinski definition) is 1. The molecular formula is C29H30N2O5. The standard InChI is InChI=1S/C29H30N2O5/c1-18(32)35-22-11-10-20-17-23-29(34)14-13-21(31(3)24(33)12-9-19-7-5-4-6-8-19)27-28(29,15-16-30(23)2)25(20)26(22)36-27/h4-8,10-11,21,23,27,34H,13-17H2,1-3H3/t21-,23+,27-,28-,29+/m0/s1. The average molecular weight is 487 g/mol. The number of aliphatic hydroxyl groups is 1. The molecule has 1 saturated carbocycles. The summed E-state index contributed by atoms with van der Waals surface area (Å²) in [7, 11) is 3.84. The monoisotopic (exact) mass is 486 g/mol. The Morgan fingerprint density at radius 2 is 1.97 bits per heavy atom. The number of nitrogens with zero attached hydrogens (tertiary/aromatic N) is 2. The summed E-state index contributed by atoms with van der Waals surface area (Å²) in [6.45, 7) is 2.18. The second-order valence-electron chi connectivity index (χ2n) is 10.5. The Labute approximate surface area is 211 Å². The number of likely N-dealkylation sites (N-methyl/N-ethyl adjacent to an activating group) is 2. The first kappa shape index (κ1) is 23.1. The molecule has 1 spiro atoms. The summed E-state index contributed by atoms with van der Waals surface area (Å²) in [5.74, 6) is 5.95. The zero-order valence-corrected chi connectivity index (χ0v) is 20.8. The third-order valence-electron chi connectivity index (χ3n) is 8.84. The number of carbonyl (C=O) groups is 2. The largest absolute Gasteiger partial charge is 0.483 e. The molecule has 1 saturated heterocycles. The fourth-order valence-corrected chi connectivity index (χ4v) is 7.23. The van der Waals surface area contributed by atoms with Gasteiger partial charge in [-0.2, -0.15) is 0 Å². The molecule has 186 valence electrons. The van der Waals surface area contributed by atoms with E-state index >= 15 is 0 Å². The average Bonchev–Trinajstić information content (AvgIpc) is 3.21. The molecule has 1 N–H and O–H groups in total. The van der Waals surface area contributed by atoms with Gasteiger partial charge in [-0.1, -0.05) is 30.2 Å². The van der Waals surface area contributed by atoms with Crippen LogP contribution in [0.3, 0.4) is 0 Å². The zero-order valence-electron chi connectivity index (χ0n) is 20.8. The number of esters is 1. The fraction of sp³-hybridized carbons (Fsp3) is 0.448. The molecule has 7 nitrogen and oxygen atoms in total. The second-order valence-corrected chi connectivity index (χ2v) is 10.5. The Hall–Kier alpha value is -3.34. The van der Waals surface area contributed by atoms with Crippen molar-refractivity contribution in [3.05, 3.63) is 59.2 Å². The SMILES string of the molecule is CC(=O)Oc1ccc2c3c1O[C@H]1[C@@H](N(C)C(=O)C#Cc4ccccc4)CC[C@@]4(O)[C@@H](C2)N(C)CC[C@]314. The van der Waals surface area contributed by atoms with Gasteiger partial charge in [-0.3, -0.25) is 9.59 Å². The van der Waals surface area contributed by atoms with Crippen LogP contribution in [0.5, 0.6) is 11.5 Å². The maximum atomic E-state index is 13.2. The van der Waals surface area contributed by atoms with Crippen LogP contribution in [-0.4, -0.2) is 71.2 Å². The number of hydrogen-bond acceptors (Lipinski definition) is 6. The first-order chi connectivity index (χ1) is 17.3. The minimum absolute atomic E-state index is 0.0461. The maximum Gasteiger partial charge on any atom is 0.308 e. The third kappa shape index (κ3) is 3.07. The predicted octanol–water partition coefficient (Wildman–Crippen LogP) is 2.27. The highest BCUT2D eigenvalue weighted by Gasteiger charge is 2.73. The number of ether oxygens (including phenoxy) is 2. The minimum atomic E-state index is -1.01. The van der Waals surface area contributed by atoms with Crippen LogP contribution in [0.1, 0.15) is 42.9 Å². The Bertz CT molecular complexity index is 1310. The molecular weight excluding hydrogens is 456 g/mol. The lowest BCUT2D eigenvalue weighted by atomic mass is 9.48. The number of benzene rings is 2. The van der Waals surface area contributed by atoms with Gasteiger partial charge in [0, 0.05) is 37.1 Å². The van der Waals surface area contributed by atoms with Crippen molar-refractivity contribution >= 4 is 11.9 Å². The van der Waals surface area contributed by atoms with Crippen molar-refractivity contribution in [1.82, 2.24) is 9.80 Å². The van der Waals surface area contributed by atoms with Crippen molar-refractivity contribution in [1.29, 1.82) is 0 Å². The van der Waals surface area contributed by atoms with Gasteiger partial charge in [-0.25, -0.2) is 0 Å². The summed E-state index contributed by atoms with van der Waals surface area (Å²) >= 11 is 0. The number of amides is 1. The van der Waals surface area contributed by atoms with Crippen LogP contribution in [0.15, 0.2) is 42.5 Å². The van der Waals surface area contributed by atoms with Gasteiger partial charge in [-0.15, -0.1) is 0 Å². The van der Waals surface area contributed by atoms with Gasteiger partial charge >= 0.3 is 5.97 Å². The summed E-state index contributed by atoms with van der Waals surface area (Å²) in [6.07, 6.45) is 2.07. The molecule has 6 rings (SSSR count). The van der Waals surface area contributed by atoms with Gasteiger partial charge in [0.15, 0.2) is 11.5 Å². The van der Waals surface area contributed by atoms with E-state index in [1.54, 1.807) is 18.0 Å². The number of carbonyl (C=O) groups excluding carboxylic acids is 2. The van der Waals surface area contributed by atoms with E-state index in [9.17, 15) is 14.7 Å². The Morgan fingerprint density at radius 1 is 1.19 bits per heavy atom. The van der Waals surface area contributed by atoms with E-state index in [2.05, 4.69) is 23.8 Å². The zero-order chi connectivity index (χ0) is 25.2. The number of likely N-dealkylation sites (tertiary alicyclic amines) is 1. The van der Waals surface area contributed by atoms with E-state index in [4.69, 9.17) is 9.47 Å². The lowest BCUT2D eigenvalue weighted by Gasteiger charge is -2.64. The maximum absolute atomic E-state index is 13.2. The molecule has 2 aromatic rings. The first-order valence-electron chi connectivity index (χ1n) is 12.5.